The number of nitrogens with two attached hydrogens (primary N) is 1. The van der Waals surface area contributed by atoms with Gasteiger partial charge in [-0.15, -0.1) is 0 Å². The van der Waals surface area contributed by atoms with Crippen molar-refractivity contribution in [3.63, 3.8) is 0 Å². The number of likely N-dealkylation sites (tertiary alicyclic amines) is 1. The fourth-order valence-electron chi connectivity index (χ4n) is 4.70. The fourth-order valence-corrected chi connectivity index (χ4v) is 4.70. The number of fused-ring (bicyclic) bond motifs is 1. The normalized spacial score (nSPS) is 21.2. The Morgan fingerprint density at radius 3 is 2.81 bits per heavy atom. The van der Waals surface area contributed by atoms with Gasteiger partial charge in [-0.2, -0.15) is 0 Å². The third-order valence-electron chi connectivity index (χ3n) is 6.62. The summed E-state index contributed by atoms with van der Waals surface area (Å²) < 4.78 is 0. The summed E-state index contributed by atoms with van der Waals surface area (Å²) in [6.45, 7) is 3.35. The number of carbonyl (C=O) groups excluding carboxylic acids is 2. The highest BCUT2D eigenvalue weighted by atomic mass is 16.2. The van der Waals surface area contributed by atoms with Crippen molar-refractivity contribution in [1.82, 2.24) is 19.9 Å². The van der Waals surface area contributed by atoms with E-state index in [-0.39, 0.29) is 23.7 Å². The van der Waals surface area contributed by atoms with Crippen LogP contribution in [0, 0.1) is 12.8 Å². The van der Waals surface area contributed by atoms with Crippen LogP contribution < -0.4 is 10.6 Å². The largest absolute Gasteiger partial charge is 0.383 e. The zero-order valence-corrected chi connectivity index (χ0v) is 17.9. The van der Waals surface area contributed by atoms with Gasteiger partial charge < -0.3 is 10.6 Å². The van der Waals surface area contributed by atoms with E-state index in [0.717, 1.165) is 42.9 Å². The van der Waals surface area contributed by atoms with Gasteiger partial charge in [-0.1, -0.05) is 0 Å². The Kier molecular flexibility index (Phi) is 5.08. The first-order valence-corrected chi connectivity index (χ1v) is 11.2. The molecule has 1 saturated heterocycles. The van der Waals surface area contributed by atoms with Gasteiger partial charge in [0, 0.05) is 37.0 Å². The van der Waals surface area contributed by atoms with Crippen molar-refractivity contribution in [1.29, 1.82) is 0 Å². The summed E-state index contributed by atoms with van der Waals surface area (Å²) in [5.74, 6) is 2.20. The quantitative estimate of drug-likeness (QED) is 0.815. The Bertz CT molecular complexity index is 1030. The van der Waals surface area contributed by atoms with Crippen molar-refractivity contribution in [3.05, 3.63) is 41.0 Å². The van der Waals surface area contributed by atoms with Crippen molar-refractivity contribution in [2.75, 3.05) is 23.7 Å². The number of hydrogen-bond acceptors (Lipinski definition) is 6. The summed E-state index contributed by atoms with van der Waals surface area (Å²) in [6.07, 6.45) is 7.85. The molecule has 2 aliphatic heterocycles. The average molecular weight is 421 g/mol. The van der Waals surface area contributed by atoms with E-state index in [9.17, 15) is 9.59 Å². The van der Waals surface area contributed by atoms with Gasteiger partial charge in [-0.25, -0.2) is 15.0 Å². The summed E-state index contributed by atoms with van der Waals surface area (Å²) in [4.78, 5) is 43.5. The minimum atomic E-state index is -0.232. The molecule has 8 nitrogen and oxygen atoms in total. The first-order valence-electron chi connectivity index (χ1n) is 11.2. The second-order valence-electron chi connectivity index (χ2n) is 8.86. The van der Waals surface area contributed by atoms with Gasteiger partial charge >= 0.3 is 0 Å². The molecule has 5 rings (SSSR count). The first-order chi connectivity index (χ1) is 15.0. The monoisotopic (exact) mass is 420 g/mol. The number of anilines is 2. The predicted molar refractivity (Wildman–Crippen MR) is 116 cm³/mol. The van der Waals surface area contributed by atoms with E-state index in [1.165, 1.54) is 12.8 Å². The molecule has 2 aromatic rings. The second kappa shape index (κ2) is 7.90. The molecule has 4 heterocycles. The minimum absolute atomic E-state index is 0.139. The summed E-state index contributed by atoms with van der Waals surface area (Å²) in [5.41, 5.74) is 8.36. The molecule has 3 aliphatic rings. The lowest BCUT2D eigenvalue weighted by atomic mass is 9.98. The van der Waals surface area contributed by atoms with Crippen LogP contribution in [0.3, 0.4) is 0 Å². The zero-order valence-electron chi connectivity index (χ0n) is 17.9. The van der Waals surface area contributed by atoms with Crippen LogP contribution in [0.2, 0.25) is 0 Å². The smallest absolute Gasteiger partial charge is 0.258 e. The molecule has 2 amide bonds. The molecule has 1 aliphatic carbocycles. The summed E-state index contributed by atoms with van der Waals surface area (Å²) in [6, 6.07) is 3.21. The molecule has 1 unspecified atom stereocenters. The highest BCUT2D eigenvalue weighted by Crippen LogP contribution is 2.37. The number of nitrogens with zero attached hydrogens (tertiary/aromatic N) is 5. The molecule has 0 spiro atoms. The fraction of sp³-hybridized carbons (Fsp3) is 0.522. The maximum absolute atomic E-state index is 13.3. The predicted octanol–water partition coefficient (Wildman–Crippen LogP) is 2.82. The number of rotatable bonds is 4. The van der Waals surface area contributed by atoms with Crippen LogP contribution in [0.5, 0.6) is 0 Å². The zero-order chi connectivity index (χ0) is 21.5. The van der Waals surface area contributed by atoms with Crippen LogP contribution in [-0.4, -0.2) is 44.8 Å². The third-order valence-corrected chi connectivity index (χ3v) is 6.62. The molecule has 31 heavy (non-hydrogen) atoms. The molecule has 8 heteroatoms. The highest BCUT2D eigenvalue weighted by molar-refractivity contribution is 5.98. The van der Waals surface area contributed by atoms with Gasteiger partial charge in [0.15, 0.2) is 5.82 Å². The number of pyridine rings is 1. The molecule has 0 radical (unpaired) electrons. The van der Waals surface area contributed by atoms with Crippen molar-refractivity contribution in [2.45, 2.75) is 57.9 Å². The van der Waals surface area contributed by atoms with Crippen LogP contribution in [0.15, 0.2) is 18.3 Å². The number of carbonyl (C=O) groups is 2. The van der Waals surface area contributed by atoms with Crippen molar-refractivity contribution < 1.29 is 9.59 Å². The Morgan fingerprint density at radius 2 is 2.03 bits per heavy atom. The average Bonchev–Trinajstić information content (AvgIpc) is 3.60. The van der Waals surface area contributed by atoms with Gasteiger partial charge in [-0.05, 0) is 63.5 Å². The first kappa shape index (κ1) is 19.9. The second-order valence-corrected chi connectivity index (χ2v) is 8.86. The molecule has 2 aromatic heterocycles. The highest BCUT2D eigenvalue weighted by Gasteiger charge is 2.36. The van der Waals surface area contributed by atoms with Crippen molar-refractivity contribution >= 4 is 23.5 Å². The Labute approximate surface area is 181 Å². The van der Waals surface area contributed by atoms with Crippen LogP contribution >= 0.6 is 0 Å². The lowest BCUT2D eigenvalue weighted by Crippen LogP contribution is -2.41. The molecular weight excluding hydrogens is 392 g/mol. The van der Waals surface area contributed by atoms with Crippen LogP contribution in [0.4, 0.5) is 11.6 Å². The molecular formula is C23H28N6O2. The number of nitrogen functional groups attached to an aromatic ring is 1. The topological polar surface area (TPSA) is 105 Å². The van der Waals surface area contributed by atoms with Crippen molar-refractivity contribution in [3.8, 4) is 0 Å². The third kappa shape index (κ3) is 3.75. The number of amides is 2. The molecule has 2 N–H and O–H groups in total. The van der Waals surface area contributed by atoms with Gasteiger partial charge in [0.1, 0.15) is 11.6 Å². The SMILES string of the molecule is Cc1nc(C2CCCCN2C(=O)c2cccnc2N)nc2c1CCC(=O)N2CC1CC1. The Balaban J connectivity index is 1.51. The van der Waals surface area contributed by atoms with E-state index >= 15 is 0 Å². The van der Waals surface area contributed by atoms with Gasteiger partial charge in [0.2, 0.25) is 5.91 Å². The van der Waals surface area contributed by atoms with E-state index in [1.54, 1.807) is 18.3 Å². The number of piperidine rings is 1. The van der Waals surface area contributed by atoms with Gasteiger partial charge in [0.05, 0.1) is 11.6 Å². The molecule has 0 bridgehead atoms. The molecule has 1 atom stereocenters. The Hall–Kier alpha value is -3.03. The lowest BCUT2D eigenvalue weighted by Gasteiger charge is -2.36. The Morgan fingerprint density at radius 1 is 1.19 bits per heavy atom. The number of hydrogen-bond donors (Lipinski definition) is 1. The molecule has 2 fully saturated rings. The summed E-state index contributed by atoms with van der Waals surface area (Å²) in [7, 11) is 0. The molecule has 0 aromatic carbocycles. The lowest BCUT2D eigenvalue weighted by molar-refractivity contribution is -0.119. The maximum atomic E-state index is 13.3. The van der Waals surface area contributed by atoms with E-state index in [0.29, 0.717) is 36.7 Å². The van der Waals surface area contributed by atoms with Crippen LogP contribution in [0.25, 0.3) is 0 Å². The van der Waals surface area contributed by atoms with Crippen molar-refractivity contribution in [2.24, 2.45) is 5.92 Å². The standard InChI is InChI=1S/C23H28N6O2/c1-14-16-9-10-19(30)29(13-15-7-8-15)22(16)27-21(26-14)18-6-2-3-12-28(18)23(31)17-5-4-11-25-20(17)24/h4-5,11,15,18H,2-3,6-10,12-13H2,1H3,(H2,24,25). The molecule has 162 valence electrons. The van der Waals surface area contributed by atoms with E-state index < -0.39 is 0 Å². The number of aryl methyl sites for hydroxylation is 1. The van der Waals surface area contributed by atoms with E-state index in [2.05, 4.69) is 4.98 Å². The van der Waals surface area contributed by atoms with E-state index in [4.69, 9.17) is 15.7 Å². The van der Waals surface area contributed by atoms with Gasteiger partial charge in [0.25, 0.3) is 5.91 Å². The molecule has 1 saturated carbocycles. The number of aromatic nitrogens is 3. The summed E-state index contributed by atoms with van der Waals surface area (Å²) in [5, 5.41) is 0. The maximum Gasteiger partial charge on any atom is 0.258 e. The van der Waals surface area contributed by atoms with Crippen LogP contribution in [0.1, 0.15) is 72.0 Å². The van der Waals surface area contributed by atoms with Crippen LogP contribution in [-0.2, 0) is 11.2 Å². The van der Waals surface area contributed by atoms with Gasteiger partial charge in [-0.3, -0.25) is 14.5 Å². The minimum Gasteiger partial charge on any atom is -0.383 e. The van der Waals surface area contributed by atoms with E-state index in [1.807, 2.05) is 16.7 Å². The summed E-state index contributed by atoms with van der Waals surface area (Å²) >= 11 is 0.